The van der Waals surface area contributed by atoms with Crippen molar-refractivity contribution in [3.05, 3.63) is 0 Å². The van der Waals surface area contributed by atoms with Gasteiger partial charge in [0.25, 0.3) is 0 Å². The molecule has 3 atom stereocenters. The molecule has 0 aromatic carbocycles. The highest BCUT2D eigenvalue weighted by Gasteiger charge is 2.32. The molecule has 2 aliphatic rings. The zero-order valence-corrected chi connectivity index (χ0v) is 13.2. The standard InChI is InChI=1S/C17H33NO/c1-4-5-14-6-7-16(19)15(12-14)13-18-10-8-17(2,3)9-11-18/h14-16,19H,4-13H2,1-3H3. The quantitative estimate of drug-likeness (QED) is 0.840. The lowest BCUT2D eigenvalue weighted by Gasteiger charge is -2.41. The van der Waals surface area contributed by atoms with Crippen molar-refractivity contribution in [2.24, 2.45) is 17.3 Å². The van der Waals surface area contributed by atoms with Crippen LogP contribution in [0.4, 0.5) is 0 Å². The van der Waals surface area contributed by atoms with E-state index in [0.717, 1.165) is 18.9 Å². The maximum absolute atomic E-state index is 10.3. The average Bonchev–Trinajstić information content (AvgIpc) is 2.36. The summed E-state index contributed by atoms with van der Waals surface area (Å²) in [5, 5.41) is 10.3. The van der Waals surface area contributed by atoms with Gasteiger partial charge < -0.3 is 10.0 Å². The Morgan fingerprint density at radius 3 is 2.47 bits per heavy atom. The van der Waals surface area contributed by atoms with Crippen LogP contribution in [0.3, 0.4) is 0 Å². The lowest BCUT2D eigenvalue weighted by molar-refractivity contribution is 0.0143. The predicted octanol–water partition coefficient (Wildman–Crippen LogP) is 3.69. The van der Waals surface area contributed by atoms with Gasteiger partial charge in [-0.1, -0.05) is 33.6 Å². The van der Waals surface area contributed by atoms with E-state index in [0.29, 0.717) is 11.3 Å². The molecule has 1 aliphatic carbocycles. The number of aliphatic hydroxyl groups excluding tert-OH is 1. The maximum atomic E-state index is 10.3. The summed E-state index contributed by atoms with van der Waals surface area (Å²) in [6, 6.07) is 0. The zero-order valence-electron chi connectivity index (χ0n) is 13.2. The molecule has 2 fully saturated rings. The third kappa shape index (κ3) is 4.46. The lowest BCUT2D eigenvalue weighted by atomic mass is 9.76. The Labute approximate surface area is 119 Å². The number of rotatable bonds is 4. The molecule has 0 aromatic rings. The van der Waals surface area contributed by atoms with E-state index in [-0.39, 0.29) is 6.10 Å². The smallest absolute Gasteiger partial charge is 0.0580 e. The molecule has 1 heterocycles. The van der Waals surface area contributed by atoms with Gasteiger partial charge in [-0.25, -0.2) is 0 Å². The summed E-state index contributed by atoms with van der Waals surface area (Å²) in [4.78, 5) is 2.60. The van der Waals surface area contributed by atoms with Crippen LogP contribution in [0.2, 0.25) is 0 Å². The number of nitrogens with zero attached hydrogens (tertiary/aromatic N) is 1. The fraction of sp³-hybridized carbons (Fsp3) is 1.00. The van der Waals surface area contributed by atoms with Gasteiger partial charge in [-0.3, -0.25) is 0 Å². The molecule has 2 nitrogen and oxygen atoms in total. The summed E-state index contributed by atoms with van der Waals surface area (Å²) < 4.78 is 0. The van der Waals surface area contributed by atoms with Crippen LogP contribution in [0, 0.1) is 17.3 Å². The van der Waals surface area contributed by atoms with E-state index < -0.39 is 0 Å². The van der Waals surface area contributed by atoms with Crippen molar-refractivity contribution in [2.45, 2.75) is 71.8 Å². The summed E-state index contributed by atoms with van der Waals surface area (Å²) >= 11 is 0. The van der Waals surface area contributed by atoms with Crippen LogP contribution in [0.25, 0.3) is 0 Å². The van der Waals surface area contributed by atoms with Gasteiger partial charge in [0.05, 0.1) is 6.10 Å². The first-order valence-electron chi connectivity index (χ1n) is 8.40. The third-order valence-electron chi connectivity index (χ3n) is 5.45. The van der Waals surface area contributed by atoms with Crippen molar-refractivity contribution in [1.29, 1.82) is 0 Å². The van der Waals surface area contributed by atoms with Crippen LogP contribution in [0.15, 0.2) is 0 Å². The van der Waals surface area contributed by atoms with Crippen LogP contribution in [-0.4, -0.2) is 35.7 Å². The Hall–Kier alpha value is -0.0800. The molecule has 2 rings (SSSR count). The molecule has 0 aromatic heterocycles. The molecular weight excluding hydrogens is 234 g/mol. The second kappa shape index (κ2) is 6.58. The highest BCUT2D eigenvalue weighted by atomic mass is 16.3. The van der Waals surface area contributed by atoms with Gasteiger partial charge in [0.15, 0.2) is 0 Å². The van der Waals surface area contributed by atoms with Crippen molar-refractivity contribution in [3.8, 4) is 0 Å². The minimum absolute atomic E-state index is 0.0388. The van der Waals surface area contributed by atoms with Gasteiger partial charge in [0, 0.05) is 6.54 Å². The topological polar surface area (TPSA) is 23.5 Å². The largest absolute Gasteiger partial charge is 0.393 e. The minimum atomic E-state index is -0.0388. The molecule has 0 spiro atoms. The molecule has 0 radical (unpaired) electrons. The van der Waals surface area contributed by atoms with E-state index in [4.69, 9.17) is 0 Å². The molecule has 112 valence electrons. The van der Waals surface area contributed by atoms with Crippen molar-refractivity contribution in [3.63, 3.8) is 0 Å². The molecular formula is C17H33NO. The molecule has 1 saturated carbocycles. The van der Waals surface area contributed by atoms with Crippen LogP contribution < -0.4 is 0 Å². The lowest BCUT2D eigenvalue weighted by Crippen LogP contribution is -2.43. The molecule has 3 unspecified atom stereocenters. The number of aliphatic hydroxyl groups is 1. The molecule has 0 amide bonds. The fourth-order valence-corrected chi connectivity index (χ4v) is 3.88. The summed E-state index contributed by atoms with van der Waals surface area (Å²) in [5.41, 5.74) is 0.534. The summed E-state index contributed by atoms with van der Waals surface area (Å²) in [6.07, 6.45) is 8.79. The molecule has 0 bridgehead atoms. The van der Waals surface area contributed by atoms with Crippen LogP contribution in [-0.2, 0) is 0 Å². The number of hydrogen-bond acceptors (Lipinski definition) is 2. The summed E-state index contributed by atoms with van der Waals surface area (Å²) in [5.74, 6) is 1.41. The SMILES string of the molecule is CCCC1CCC(O)C(CN2CCC(C)(C)CC2)C1. The highest BCUT2D eigenvalue weighted by Crippen LogP contribution is 2.35. The van der Waals surface area contributed by atoms with Crippen molar-refractivity contribution in [2.75, 3.05) is 19.6 Å². The summed E-state index contributed by atoms with van der Waals surface area (Å²) in [7, 11) is 0. The monoisotopic (exact) mass is 267 g/mol. The van der Waals surface area contributed by atoms with E-state index in [2.05, 4.69) is 25.7 Å². The van der Waals surface area contributed by atoms with E-state index >= 15 is 0 Å². The zero-order chi connectivity index (χ0) is 13.9. The Balaban J connectivity index is 1.80. The van der Waals surface area contributed by atoms with Crippen molar-refractivity contribution < 1.29 is 5.11 Å². The maximum Gasteiger partial charge on any atom is 0.0580 e. The van der Waals surface area contributed by atoms with E-state index in [1.807, 2.05) is 0 Å². The second-order valence-corrected chi connectivity index (χ2v) is 7.76. The predicted molar refractivity (Wildman–Crippen MR) is 81.2 cm³/mol. The first kappa shape index (κ1) is 15.3. The van der Waals surface area contributed by atoms with E-state index in [1.54, 1.807) is 0 Å². The highest BCUT2D eigenvalue weighted by molar-refractivity contribution is 4.85. The Bertz CT molecular complexity index is 266. The number of piperidine rings is 1. The van der Waals surface area contributed by atoms with Crippen LogP contribution in [0.5, 0.6) is 0 Å². The normalized spacial score (nSPS) is 36.3. The van der Waals surface area contributed by atoms with Crippen molar-refractivity contribution >= 4 is 0 Å². The minimum Gasteiger partial charge on any atom is -0.393 e. The van der Waals surface area contributed by atoms with Gasteiger partial charge in [-0.2, -0.15) is 0 Å². The van der Waals surface area contributed by atoms with Gasteiger partial charge in [0.1, 0.15) is 0 Å². The number of likely N-dealkylation sites (tertiary alicyclic amines) is 1. The molecule has 1 N–H and O–H groups in total. The molecule has 2 heteroatoms. The third-order valence-corrected chi connectivity index (χ3v) is 5.45. The average molecular weight is 267 g/mol. The Morgan fingerprint density at radius 1 is 1.16 bits per heavy atom. The van der Waals surface area contributed by atoms with Crippen LogP contribution in [0.1, 0.15) is 65.7 Å². The number of hydrogen-bond donors (Lipinski definition) is 1. The Morgan fingerprint density at radius 2 is 1.84 bits per heavy atom. The summed E-state index contributed by atoms with van der Waals surface area (Å²) in [6.45, 7) is 10.7. The van der Waals surface area contributed by atoms with E-state index in [1.165, 1.54) is 51.6 Å². The molecule has 1 saturated heterocycles. The van der Waals surface area contributed by atoms with Crippen LogP contribution >= 0.6 is 0 Å². The second-order valence-electron chi connectivity index (χ2n) is 7.76. The first-order chi connectivity index (χ1) is 9.00. The van der Waals surface area contributed by atoms with Gasteiger partial charge in [-0.15, -0.1) is 0 Å². The fourth-order valence-electron chi connectivity index (χ4n) is 3.88. The van der Waals surface area contributed by atoms with Crippen molar-refractivity contribution in [1.82, 2.24) is 4.90 Å². The molecule has 1 aliphatic heterocycles. The van der Waals surface area contributed by atoms with Gasteiger partial charge in [0.2, 0.25) is 0 Å². The Kier molecular flexibility index (Phi) is 5.30. The van der Waals surface area contributed by atoms with E-state index in [9.17, 15) is 5.11 Å². The van der Waals surface area contributed by atoms with Gasteiger partial charge >= 0.3 is 0 Å². The van der Waals surface area contributed by atoms with Gasteiger partial charge in [-0.05, 0) is 62.4 Å². The first-order valence-corrected chi connectivity index (χ1v) is 8.40. The molecule has 19 heavy (non-hydrogen) atoms.